The molecular formula is C21H21FN4O3. The summed E-state index contributed by atoms with van der Waals surface area (Å²) in [5.74, 6) is 0.445. The van der Waals surface area contributed by atoms with Crippen LogP contribution in [0, 0.1) is 12.7 Å². The predicted molar refractivity (Wildman–Crippen MR) is 103 cm³/mol. The first-order valence-electron chi connectivity index (χ1n) is 9.57. The average molecular weight is 396 g/mol. The fourth-order valence-corrected chi connectivity index (χ4v) is 3.67. The number of H-pyrrole nitrogens is 1. The van der Waals surface area contributed by atoms with Crippen LogP contribution in [0.3, 0.4) is 0 Å². The Labute approximate surface area is 166 Å². The summed E-state index contributed by atoms with van der Waals surface area (Å²) in [5, 5.41) is 0. The lowest BCUT2D eigenvalue weighted by Gasteiger charge is -2.33. The van der Waals surface area contributed by atoms with E-state index in [1.165, 1.54) is 12.1 Å². The van der Waals surface area contributed by atoms with Crippen LogP contribution < -0.4 is 5.69 Å². The van der Waals surface area contributed by atoms with E-state index in [1.54, 1.807) is 30.2 Å². The standard InChI is InChI=1S/C21H21FN4O3/c1-13-9-17(25-21(28)24-13)20(27)26-8-3-2-7-18(26)19-23-12-16(29-19)11-14-5-4-6-15(22)10-14/h4-6,9-10,12,18H,2-3,7-8,11H2,1H3,(H,24,25,28)/t18-/m1/s1. The Morgan fingerprint density at radius 1 is 1.34 bits per heavy atom. The van der Waals surface area contributed by atoms with E-state index in [4.69, 9.17) is 4.42 Å². The number of aryl methyl sites for hydroxylation is 1. The highest BCUT2D eigenvalue weighted by Crippen LogP contribution is 2.32. The fraction of sp³-hybridized carbons (Fsp3) is 0.333. The molecule has 3 aromatic rings. The van der Waals surface area contributed by atoms with E-state index in [2.05, 4.69) is 15.0 Å². The van der Waals surface area contributed by atoms with Crippen LogP contribution in [0.4, 0.5) is 4.39 Å². The van der Waals surface area contributed by atoms with E-state index in [0.717, 1.165) is 18.4 Å². The Morgan fingerprint density at radius 3 is 3.00 bits per heavy atom. The molecule has 2 aromatic heterocycles. The zero-order chi connectivity index (χ0) is 20.4. The molecule has 0 bridgehead atoms. The maximum Gasteiger partial charge on any atom is 0.345 e. The van der Waals surface area contributed by atoms with Crippen molar-refractivity contribution in [1.82, 2.24) is 19.9 Å². The maximum absolute atomic E-state index is 13.4. The highest BCUT2D eigenvalue weighted by molar-refractivity contribution is 5.92. The monoisotopic (exact) mass is 396 g/mol. The second kappa shape index (κ2) is 7.98. The summed E-state index contributed by atoms with van der Waals surface area (Å²) in [7, 11) is 0. The molecule has 1 fully saturated rings. The minimum absolute atomic E-state index is 0.115. The van der Waals surface area contributed by atoms with Crippen LogP contribution in [0.2, 0.25) is 0 Å². The topological polar surface area (TPSA) is 92.1 Å². The van der Waals surface area contributed by atoms with E-state index < -0.39 is 5.69 Å². The summed E-state index contributed by atoms with van der Waals surface area (Å²) >= 11 is 0. The van der Waals surface area contributed by atoms with Gasteiger partial charge in [-0.15, -0.1) is 0 Å². The van der Waals surface area contributed by atoms with Gasteiger partial charge in [0.05, 0.1) is 6.20 Å². The Balaban J connectivity index is 1.57. The summed E-state index contributed by atoms with van der Waals surface area (Å²) < 4.78 is 19.3. The highest BCUT2D eigenvalue weighted by Gasteiger charge is 2.32. The lowest BCUT2D eigenvalue weighted by Crippen LogP contribution is -2.39. The van der Waals surface area contributed by atoms with E-state index in [0.29, 0.717) is 36.7 Å². The van der Waals surface area contributed by atoms with Crippen LogP contribution in [0.1, 0.15) is 58.7 Å². The Morgan fingerprint density at radius 2 is 2.21 bits per heavy atom. The number of hydrogen-bond acceptors (Lipinski definition) is 5. The quantitative estimate of drug-likeness (QED) is 0.731. The van der Waals surface area contributed by atoms with Crippen molar-refractivity contribution in [3.05, 3.63) is 81.4 Å². The zero-order valence-electron chi connectivity index (χ0n) is 16.0. The van der Waals surface area contributed by atoms with Crippen LogP contribution in [0.15, 0.2) is 45.7 Å². The lowest BCUT2D eigenvalue weighted by atomic mass is 10.0. The number of benzene rings is 1. The molecule has 0 spiro atoms. The first-order valence-corrected chi connectivity index (χ1v) is 9.57. The van der Waals surface area contributed by atoms with E-state index in [9.17, 15) is 14.0 Å². The number of oxazole rings is 1. The van der Waals surface area contributed by atoms with E-state index >= 15 is 0 Å². The minimum atomic E-state index is -0.546. The molecule has 7 nitrogen and oxygen atoms in total. The predicted octanol–water partition coefficient (Wildman–Crippen LogP) is 3.16. The van der Waals surface area contributed by atoms with Crippen LogP contribution in [0.5, 0.6) is 0 Å². The number of carbonyl (C=O) groups excluding carboxylic acids is 1. The third kappa shape index (κ3) is 4.26. The van der Waals surface area contributed by atoms with Crippen molar-refractivity contribution in [2.45, 2.75) is 38.6 Å². The average Bonchev–Trinajstić information content (AvgIpc) is 3.15. The minimum Gasteiger partial charge on any atom is -0.443 e. The molecule has 1 aliphatic heterocycles. The Hall–Kier alpha value is -3.29. The van der Waals surface area contributed by atoms with E-state index in [1.807, 2.05) is 6.07 Å². The first-order chi connectivity index (χ1) is 14.0. The smallest absolute Gasteiger partial charge is 0.345 e. The number of rotatable bonds is 4. The Bertz CT molecular complexity index is 1090. The van der Waals surface area contributed by atoms with Gasteiger partial charge in [0.15, 0.2) is 0 Å². The molecule has 1 N–H and O–H groups in total. The number of hydrogen-bond donors (Lipinski definition) is 1. The number of nitrogens with zero attached hydrogens (tertiary/aromatic N) is 3. The number of nitrogens with one attached hydrogen (secondary N) is 1. The summed E-state index contributed by atoms with van der Waals surface area (Å²) in [6, 6.07) is 7.58. The number of piperidine rings is 1. The third-order valence-electron chi connectivity index (χ3n) is 4.99. The molecule has 3 heterocycles. The molecule has 1 aliphatic rings. The second-order valence-corrected chi connectivity index (χ2v) is 7.24. The number of carbonyl (C=O) groups is 1. The SMILES string of the molecule is Cc1cc(C(=O)N2CCCC[C@@H]2c2ncc(Cc3cccc(F)c3)o2)nc(=O)[nH]1. The molecule has 1 amide bonds. The normalized spacial score (nSPS) is 16.8. The summed E-state index contributed by atoms with van der Waals surface area (Å²) in [4.78, 5) is 37.1. The van der Waals surface area contributed by atoms with Crippen LogP contribution >= 0.6 is 0 Å². The van der Waals surface area contributed by atoms with Gasteiger partial charge in [-0.2, -0.15) is 4.98 Å². The van der Waals surface area contributed by atoms with Gasteiger partial charge in [0.25, 0.3) is 5.91 Å². The third-order valence-corrected chi connectivity index (χ3v) is 4.99. The molecule has 150 valence electrons. The zero-order valence-corrected chi connectivity index (χ0v) is 16.0. The number of likely N-dealkylation sites (tertiary alicyclic amines) is 1. The van der Waals surface area contributed by atoms with Crippen LogP contribution in [-0.4, -0.2) is 32.3 Å². The summed E-state index contributed by atoms with van der Waals surface area (Å²) in [6.07, 6.45) is 4.56. The van der Waals surface area contributed by atoms with Crippen molar-refractivity contribution in [3.63, 3.8) is 0 Å². The van der Waals surface area contributed by atoms with Gasteiger partial charge in [-0.25, -0.2) is 14.2 Å². The summed E-state index contributed by atoms with van der Waals surface area (Å²) in [6.45, 7) is 2.25. The van der Waals surface area contributed by atoms with Gasteiger partial charge < -0.3 is 14.3 Å². The van der Waals surface area contributed by atoms with Gasteiger partial charge in [0.1, 0.15) is 23.3 Å². The molecular weight excluding hydrogens is 375 g/mol. The molecule has 0 radical (unpaired) electrons. The van der Waals surface area contributed by atoms with Gasteiger partial charge in [-0.05, 0) is 49.9 Å². The van der Waals surface area contributed by atoms with Crippen LogP contribution in [0.25, 0.3) is 0 Å². The molecule has 29 heavy (non-hydrogen) atoms. The number of aromatic nitrogens is 3. The molecule has 4 rings (SSSR count). The van der Waals surface area contributed by atoms with Gasteiger partial charge in [-0.3, -0.25) is 4.79 Å². The van der Waals surface area contributed by atoms with E-state index in [-0.39, 0.29) is 23.5 Å². The Kier molecular flexibility index (Phi) is 5.24. The van der Waals surface area contributed by atoms with Crippen molar-refractivity contribution in [2.75, 3.05) is 6.54 Å². The van der Waals surface area contributed by atoms with Gasteiger partial charge in [0, 0.05) is 18.7 Å². The molecule has 1 aromatic carbocycles. The molecule has 0 unspecified atom stereocenters. The van der Waals surface area contributed by atoms with Crippen molar-refractivity contribution >= 4 is 5.91 Å². The van der Waals surface area contributed by atoms with Gasteiger partial charge in [-0.1, -0.05) is 12.1 Å². The molecule has 8 heteroatoms. The molecule has 0 saturated carbocycles. The van der Waals surface area contributed by atoms with Crippen molar-refractivity contribution in [1.29, 1.82) is 0 Å². The van der Waals surface area contributed by atoms with Crippen LogP contribution in [-0.2, 0) is 6.42 Å². The molecule has 1 atom stereocenters. The second-order valence-electron chi connectivity index (χ2n) is 7.24. The number of halogens is 1. The van der Waals surface area contributed by atoms with Gasteiger partial charge in [0.2, 0.25) is 5.89 Å². The fourth-order valence-electron chi connectivity index (χ4n) is 3.67. The largest absolute Gasteiger partial charge is 0.443 e. The number of amides is 1. The van der Waals surface area contributed by atoms with Crippen molar-refractivity contribution in [3.8, 4) is 0 Å². The highest BCUT2D eigenvalue weighted by atomic mass is 19.1. The van der Waals surface area contributed by atoms with Gasteiger partial charge >= 0.3 is 5.69 Å². The molecule has 0 aliphatic carbocycles. The number of aromatic amines is 1. The first kappa shape index (κ1) is 19.0. The summed E-state index contributed by atoms with van der Waals surface area (Å²) in [5.41, 5.74) is 0.933. The molecule has 1 saturated heterocycles. The maximum atomic E-state index is 13.4. The lowest BCUT2D eigenvalue weighted by molar-refractivity contribution is 0.0563. The van der Waals surface area contributed by atoms with Crippen molar-refractivity contribution < 1.29 is 13.6 Å². The van der Waals surface area contributed by atoms with Crippen molar-refractivity contribution in [2.24, 2.45) is 0 Å².